The van der Waals surface area contributed by atoms with E-state index in [-0.39, 0.29) is 6.42 Å². The van der Waals surface area contributed by atoms with Crippen molar-refractivity contribution in [3.63, 3.8) is 0 Å². The van der Waals surface area contributed by atoms with E-state index in [1.165, 1.54) is 0 Å². The Morgan fingerprint density at radius 2 is 2.06 bits per heavy atom. The number of nitrogens with zero attached hydrogens (tertiary/aromatic N) is 3. The van der Waals surface area contributed by atoms with Gasteiger partial charge in [-0.25, -0.2) is 4.98 Å². The van der Waals surface area contributed by atoms with Crippen LogP contribution < -0.4 is 9.80 Å². The van der Waals surface area contributed by atoms with Crippen molar-refractivity contribution in [1.82, 2.24) is 4.98 Å². The smallest absolute Gasteiger partial charge is 0.305 e. The third-order valence-electron chi connectivity index (χ3n) is 2.64. The van der Waals surface area contributed by atoms with Crippen molar-refractivity contribution in [3.05, 3.63) is 18.3 Å². The monoisotopic (exact) mass is 251 g/mol. The quantitative estimate of drug-likeness (QED) is 0.801. The Balaban J connectivity index is 2.75. The molecule has 1 rings (SSSR count). The molecule has 0 bridgehead atoms. The predicted octanol–water partition coefficient (Wildman–Crippen LogP) is 1.84. The summed E-state index contributed by atoms with van der Waals surface area (Å²) in [4.78, 5) is 19.0. The van der Waals surface area contributed by atoms with Gasteiger partial charge in [-0.1, -0.05) is 6.92 Å². The van der Waals surface area contributed by atoms with Crippen molar-refractivity contribution < 1.29 is 9.90 Å². The maximum Gasteiger partial charge on any atom is 0.305 e. The summed E-state index contributed by atoms with van der Waals surface area (Å²) in [5.41, 5.74) is 0.976. The Morgan fingerprint density at radius 1 is 1.33 bits per heavy atom. The summed E-state index contributed by atoms with van der Waals surface area (Å²) in [6.45, 7) is 3.44. The molecule has 0 amide bonds. The zero-order chi connectivity index (χ0) is 13.5. The highest BCUT2D eigenvalue weighted by Gasteiger charge is 2.08. The summed E-state index contributed by atoms with van der Waals surface area (Å²) in [6.07, 6.45) is 2.93. The van der Waals surface area contributed by atoms with E-state index in [2.05, 4.69) is 16.8 Å². The molecule has 5 heteroatoms. The fraction of sp³-hybridized carbons (Fsp3) is 0.538. The van der Waals surface area contributed by atoms with Gasteiger partial charge in [0.1, 0.15) is 5.82 Å². The third kappa shape index (κ3) is 4.24. The van der Waals surface area contributed by atoms with E-state index in [0.29, 0.717) is 6.54 Å². The van der Waals surface area contributed by atoms with Gasteiger partial charge in [0, 0.05) is 27.2 Å². The largest absolute Gasteiger partial charge is 0.481 e. The molecule has 0 radical (unpaired) electrons. The number of carboxylic acids is 1. The summed E-state index contributed by atoms with van der Waals surface area (Å²) in [5.74, 6) is 0.127. The molecule has 1 aromatic rings. The lowest BCUT2D eigenvalue weighted by molar-refractivity contribution is -0.136. The molecule has 1 N–H and O–H groups in total. The topological polar surface area (TPSA) is 56.7 Å². The van der Waals surface area contributed by atoms with Crippen LogP contribution in [0.1, 0.15) is 19.8 Å². The molecule has 0 unspecified atom stereocenters. The van der Waals surface area contributed by atoms with Crippen LogP contribution in [0.4, 0.5) is 11.5 Å². The standard InChI is InChI=1S/C13H21N3O2/c1-4-8-16(9-7-13(17)18)11-5-6-12(14-10-11)15(2)3/h5-6,10H,4,7-9H2,1-3H3,(H,17,18). The van der Waals surface area contributed by atoms with E-state index in [9.17, 15) is 4.79 Å². The molecule has 0 aromatic carbocycles. The van der Waals surface area contributed by atoms with Crippen molar-refractivity contribution >= 4 is 17.5 Å². The van der Waals surface area contributed by atoms with Crippen LogP contribution in [0.25, 0.3) is 0 Å². The molecular formula is C13H21N3O2. The molecule has 0 saturated carbocycles. The highest BCUT2D eigenvalue weighted by Crippen LogP contribution is 2.17. The van der Waals surface area contributed by atoms with Gasteiger partial charge in [-0.2, -0.15) is 0 Å². The summed E-state index contributed by atoms with van der Waals surface area (Å²) in [7, 11) is 3.88. The number of rotatable bonds is 7. The van der Waals surface area contributed by atoms with Crippen molar-refractivity contribution in [2.24, 2.45) is 0 Å². The Morgan fingerprint density at radius 3 is 2.50 bits per heavy atom. The molecule has 0 spiro atoms. The predicted molar refractivity (Wildman–Crippen MR) is 73.3 cm³/mol. The highest BCUT2D eigenvalue weighted by molar-refractivity contribution is 5.67. The van der Waals surface area contributed by atoms with E-state index in [1.54, 1.807) is 6.20 Å². The molecule has 0 atom stereocenters. The molecule has 5 nitrogen and oxygen atoms in total. The van der Waals surface area contributed by atoms with Crippen LogP contribution in [0.3, 0.4) is 0 Å². The van der Waals surface area contributed by atoms with E-state index < -0.39 is 5.97 Å². The molecule has 0 aliphatic carbocycles. The molecule has 0 aliphatic heterocycles. The van der Waals surface area contributed by atoms with Crippen LogP contribution in [0.2, 0.25) is 0 Å². The Kier molecular flexibility index (Phi) is 5.42. The average molecular weight is 251 g/mol. The zero-order valence-electron chi connectivity index (χ0n) is 11.3. The lowest BCUT2D eigenvalue weighted by atomic mass is 10.3. The number of pyridine rings is 1. The summed E-state index contributed by atoms with van der Waals surface area (Å²) >= 11 is 0. The fourth-order valence-electron chi connectivity index (χ4n) is 1.70. The first kappa shape index (κ1) is 14.3. The number of hydrogen-bond donors (Lipinski definition) is 1. The van der Waals surface area contributed by atoms with Gasteiger partial charge in [-0.05, 0) is 18.6 Å². The van der Waals surface area contributed by atoms with Gasteiger partial charge in [0.2, 0.25) is 0 Å². The van der Waals surface area contributed by atoms with Gasteiger partial charge in [-0.3, -0.25) is 4.79 Å². The second-order valence-electron chi connectivity index (χ2n) is 4.40. The van der Waals surface area contributed by atoms with Gasteiger partial charge >= 0.3 is 5.97 Å². The molecular weight excluding hydrogens is 230 g/mol. The van der Waals surface area contributed by atoms with Crippen LogP contribution in [0, 0.1) is 0 Å². The Labute approximate surface area is 108 Å². The van der Waals surface area contributed by atoms with E-state index in [0.717, 1.165) is 24.5 Å². The first-order valence-corrected chi connectivity index (χ1v) is 6.14. The van der Waals surface area contributed by atoms with Crippen LogP contribution in [0.5, 0.6) is 0 Å². The lowest BCUT2D eigenvalue weighted by Gasteiger charge is -2.23. The van der Waals surface area contributed by atoms with Gasteiger partial charge in [0.25, 0.3) is 0 Å². The van der Waals surface area contributed by atoms with Gasteiger partial charge in [0.15, 0.2) is 0 Å². The normalized spacial score (nSPS) is 10.2. The van der Waals surface area contributed by atoms with Gasteiger partial charge in [-0.15, -0.1) is 0 Å². The lowest BCUT2D eigenvalue weighted by Crippen LogP contribution is -2.27. The number of anilines is 2. The van der Waals surface area contributed by atoms with Crippen molar-refractivity contribution in [1.29, 1.82) is 0 Å². The maximum atomic E-state index is 10.6. The van der Waals surface area contributed by atoms with Crippen LogP contribution in [0.15, 0.2) is 18.3 Å². The summed E-state index contributed by atoms with van der Waals surface area (Å²) < 4.78 is 0. The average Bonchev–Trinajstić information content (AvgIpc) is 2.34. The number of aliphatic carboxylic acids is 1. The zero-order valence-corrected chi connectivity index (χ0v) is 11.3. The van der Waals surface area contributed by atoms with Crippen molar-refractivity contribution in [2.75, 3.05) is 37.0 Å². The SMILES string of the molecule is CCCN(CCC(=O)O)c1ccc(N(C)C)nc1. The number of carbonyl (C=O) groups is 1. The summed E-state index contributed by atoms with van der Waals surface area (Å²) in [5, 5.41) is 8.75. The molecule has 18 heavy (non-hydrogen) atoms. The van der Waals surface area contributed by atoms with E-state index in [1.807, 2.05) is 31.1 Å². The van der Waals surface area contributed by atoms with Crippen LogP contribution >= 0.6 is 0 Å². The molecule has 1 aromatic heterocycles. The molecule has 0 fully saturated rings. The molecule has 0 saturated heterocycles. The molecule has 0 aliphatic rings. The minimum Gasteiger partial charge on any atom is -0.481 e. The third-order valence-corrected chi connectivity index (χ3v) is 2.64. The fourth-order valence-corrected chi connectivity index (χ4v) is 1.70. The minimum atomic E-state index is -0.769. The van der Waals surface area contributed by atoms with Gasteiger partial charge in [0.05, 0.1) is 18.3 Å². The van der Waals surface area contributed by atoms with E-state index >= 15 is 0 Å². The van der Waals surface area contributed by atoms with Crippen molar-refractivity contribution in [3.8, 4) is 0 Å². The second-order valence-corrected chi connectivity index (χ2v) is 4.40. The number of carboxylic acid groups (broad SMARTS) is 1. The number of hydrogen-bond acceptors (Lipinski definition) is 4. The van der Waals surface area contributed by atoms with Crippen LogP contribution in [-0.4, -0.2) is 43.2 Å². The highest BCUT2D eigenvalue weighted by atomic mass is 16.4. The second kappa shape index (κ2) is 6.83. The maximum absolute atomic E-state index is 10.6. The number of aromatic nitrogens is 1. The van der Waals surface area contributed by atoms with Crippen molar-refractivity contribution in [2.45, 2.75) is 19.8 Å². The van der Waals surface area contributed by atoms with Crippen LogP contribution in [-0.2, 0) is 4.79 Å². The van der Waals surface area contributed by atoms with E-state index in [4.69, 9.17) is 5.11 Å². The molecule has 1 heterocycles. The first-order chi connectivity index (χ1) is 8.54. The summed E-state index contributed by atoms with van der Waals surface area (Å²) in [6, 6.07) is 3.93. The molecule has 100 valence electrons. The Bertz CT molecular complexity index is 376. The Hall–Kier alpha value is -1.78. The minimum absolute atomic E-state index is 0.148. The first-order valence-electron chi connectivity index (χ1n) is 6.14. The van der Waals surface area contributed by atoms with Gasteiger partial charge < -0.3 is 14.9 Å².